The molecule has 94 valence electrons. The molecule has 0 amide bonds. The highest BCUT2D eigenvalue weighted by Crippen LogP contribution is 2.24. The zero-order chi connectivity index (χ0) is 13.2. The molecule has 18 heavy (non-hydrogen) atoms. The van der Waals surface area contributed by atoms with E-state index in [1.807, 2.05) is 31.3 Å². The van der Waals surface area contributed by atoms with Gasteiger partial charge in [0, 0.05) is 24.7 Å². The standard InChI is InChI=1S/C14H18N4/c1-14(2,3)13-17-11(9-12(15-4)18-13)10-7-5-6-8-16-10/h5-9H,1-4H3,(H,15,17,18). The number of pyridine rings is 1. The molecule has 2 heterocycles. The van der Waals surface area contributed by atoms with E-state index >= 15 is 0 Å². The second-order valence-electron chi connectivity index (χ2n) is 5.18. The topological polar surface area (TPSA) is 50.7 Å². The number of anilines is 1. The summed E-state index contributed by atoms with van der Waals surface area (Å²) in [5.74, 6) is 1.63. The number of hydrogen-bond acceptors (Lipinski definition) is 4. The summed E-state index contributed by atoms with van der Waals surface area (Å²) < 4.78 is 0. The van der Waals surface area contributed by atoms with Crippen LogP contribution in [0.1, 0.15) is 26.6 Å². The third kappa shape index (κ3) is 2.64. The van der Waals surface area contributed by atoms with Gasteiger partial charge in [0.25, 0.3) is 0 Å². The van der Waals surface area contributed by atoms with Crippen LogP contribution in [0.15, 0.2) is 30.5 Å². The predicted octanol–water partition coefficient (Wildman–Crippen LogP) is 2.88. The van der Waals surface area contributed by atoms with E-state index in [1.165, 1.54) is 0 Å². The van der Waals surface area contributed by atoms with Crippen molar-refractivity contribution in [3.05, 3.63) is 36.3 Å². The summed E-state index contributed by atoms with van der Waals surface area (Å²) in [6.45, 7) is 6.30. The first kappa shape index (κ1) is 12.5. The molecule has 4 heteroatoms. The fourth-order valence-corrected chi connectivity index (χ4v) is 1.56. The molecule has 0 atom stereocenters. The van der Waals surface area contributed by atoms with Gasteiger partial charge in [-0.15, -0.1) is 0 Å². The number of nitrogens with one attached hydrogen (secondary N) is 1. The molecule has 1 N–H and O–H groups in total. The van der Waals surface area contributed by atoms with E-state index in [0.717, 1.165) is 23.0 Å². The fourth-order valence-electron chi connectivity index (χ4n) is 1.56. The Kier molecular flexibility index (Phi) is 3.28. The second kappa shape index (κ2) is 4.72. The molecule has 4 nitrogen and oxygen atoms in total. The third-order valence-corrected chi connectivity index (χ3v) is 2.58. The Balaban J connectivity index is 2.55. The number of rotatable bonds is 2. The van der Waals surface area contributed by atoms with E-state index in [9.17, 15) is 0 Å². The Bertz CT molecular complexity index is 529. The van der Waals surface area contributed by atoms with Gasteiger partial charge in [0.15, 0.2) is 0 Å². The first-order valence-electron chi connectivity index (χ1n) is 5.99. The molecule has 0 saturated carbocycles. The summed E-state index contributed by atoms with van der Waals surface area (Å²) in [6.07, 6.45) is 1.77. The van der Waals surface area contributed by atoms with Crippen LogP contribution in [0.4, 0.5) is 5.82 Å². The zero-order valence-electron chi connectivity index (χ0n) is 11.2. The SMILES string of the molecule is CNc1cc(-c2ccccn2)nc(C(C)(C)C)n1. The monoisotopic (exact) mass is 242 g/mol. The van der Waals surface area contributed by atoms with Gasteiger partial charge in [-0.25, -0.2) is 9.97 Å². The molecule has 0 unspecified atom stereocenters. The average Bonchev–Trinajstić information content (AvgIpc) is 2.38. The normalized spacial score (nSPS) is 11.3. The van der Waals surface area contributed by atoms with Crippen molar-refractivity contribution in [1.29, 1.82) is 0 Å². The van der Waals surface area contributed by atoms with Crippen molar-refractivity contribution in [2.24, 2.45) is 0 Å². The Morgan fingerprint density at radius 2 is 1.83 bits per heavy atom. The molecule has 0 fully saturated rings. The largest absolute Gasteiger partial charge is 0.373 e. The maximum atomic E-state index is 4.61. The second-order valence-corrected chi connectivity index (χ2v) is 5.18. The molecule has 0 aliphatic heterocycles. The smallest absolute Gasteiger partial charge is 0.136 e. The van der Waals surface area contributed by atoms with Crippen LogP contribution in [0.25, 0.3) is 11.4 Å². The molecular formula is C14H18N4. The summed E-state index contributed by atoms with van der Waals surface area (Å²) in [7, 11) is 1.86. The van der Waals surface area contributed by atoms with Crippen LogP contribution in [0.3, 0.4) is 0 Å². The Hall–Kier alpha value is -1.97. The molecule has 2 aromatic rings. The van der Waals surface area contributed by atoms with Crippen molar-refractivity contribution in [3.8, 4) is 11.4 Å². The van der Waals surface area contributed by atoms with Crippen molar-refractivity contribution >= 4 is 5.82 Å². The van der Waals surface area contributed by atoms with Crippen LogP contribution in [-0.2, 0) is 5.41 Å². The summed E-state index contributed by atoms with van der Waals surface area (Å²) >= 11 is 0. The summed E-state index contributed by atoms with van der Waals surface area (Å²) in [5, 5.41) is 3.07. The highest BCUT2D eigenvalue weighted by atomic mass is 15.0. The minimum Gasteiger partial charge on any atom is -0.373 e. The van der Waals surface area contributed by atoms with E-state index in [1.54, 1.807) is 6.20 Å². The van der Waals surface area contributed by atoms with E-state index < -0.39 is 0 Å². The van der Waals surface area contributed by atoms with Gasteiger partial charge in [0.05, 0.1) is 11.4 Å². The van der Waals surface area contributed by atoms with Crippen molar-refractivity contribution in [1.82, 2.24) is 15.0 Å². The zero-order valence-corrected chi connectivity index (χ0v) is 11.2. The maximum absolute atomic E-state index is 4.61. The molecule has 2 rings (SSSR count). The van der Waals surface area contributed by atoms with Gasteiger partial charge in [0.2, 0.25) is 0 Å². The molecule has 0 radical (unpaired) electrons. The molecule has 0 bridgehead atoms. The minimum atomic E-state index is -0.0869. The number of aromatic nitrogens is 3. The molecule has 0 aliphatic rings. The molecule has 0 aliphatic carbocycles. The van der Waals surface area contributed by atoms with E-state index in [4.69, 9.17) is 0 Å². The van der Waals surface area contributed by atoms with E-state index in [2.05, 4.69) is 41.0 Å². The summed E-state index contributed by atoms with van der Waals surface area (Å²) in [4.78, 5) is 13.4. The Morgan fingerprint density at radius 3 is 2.39 bits per heavy atom. The first-order valence-corrected chi connectivity index (χ1v) is 5.99. The van der Waals surface area contributed by atoms with E-state index in [-0.39, 0.29) is 5.41 Å². The van der Waals surface area contributed by atoms with E-state index in [0.29, 0.717) is 0 Å². The van der Waals surface area contributed by atoms with Crippen LogP contribution in [0.5, 0.6) is 0 Å². The lowest BCUT2D eigenvalue weighted by Gasteiger charge is -2.18. The van der Waals surface area contributed by atoms with Crippen molar-refractivity contribution in [3.63, 3.8) is 0 Å². The van der Waals surface area contributed by atoms with Crippen LogP contribution < -0.4 is 5.32 Å². The summed E-state index contributed by atoms with van der Waals surface area (Å²) in [5.41, 5.74) is 1.62. The Morgan fingerprint density at radius 1 is 1.06 bits per heavy atom. The van der Waals surface area contributed by atoms with Gasteiger partial charge in [0.1, 0.15) is 11.6 Å². The Labute approximate surface area is 108 Å². The lowest BCUT2D eigenvalue weighted by Crippen LogP contribution is -2.17. The molecule has 0 aromatic carbocycles. The predicted molar refractivity (Wildman–Crippen MR) is 73.5 cm³/mol. The van der Waals surface area contributed by atoms with Crippen LogP contribution in [-0.4, -0.2) is 22.0 Å². The van der Waals surface area contributed by atoms with Crippen LogP contribution >= 0.6 is 0 Å². The maximum Gasteiger partial charge on any atom is 0.136 e. The average molecular weight is 242 g/mol. The van der Waals surface area contributed by atoms with Gasteiger partial charge in [-0.3, -0.25) is 4.98 Å². The highest BCUT2D eigenvalue weighted by molar-refractivity contribution is 5.58. The molecule has 0 saturated heterocycles. The lowest BCUT2D eigenvalue weighted by molar-refractivity contribution is 0.547. The number of hydrogen-bond donors (Lipinski definition) is 1. The lowest BCUT2D eigenvalue weighted by atomic mass is 9.95. The van der Waals surface area contributed by atoms with Crippen LogP contribution in [0.2, 0.25) is 0 Å². The van der Waals surface area contributed by atoms with Gasteiger partial charge < -0.3 is 5.32 Å². The van der Waals surface area contributed by atoms with Gasteiger partial charge >= 0.3 is 0 Å². The minimum absolute atomic E-state index is 0.0869. The summed E-state index contributed by atoms with van der Waals surface area (Å²) in [6, 6.07) is 7.72. The fraction of sp³-hybridized carbons (Fsp3) is 0.357. The third-order valence-electron chi connectivity index (χ3n) is 2.58. The van der Waals surface area contributed by atoms with Gasteiger partial charge in [-0.1, -0.05) is 26.8 Å². The molecule has 2 aromatic heterocycles. The van der Waals surface area contributed by atoms with Crippen molar-refractivity contribution < 1.29 is 0 Å². The molecular weight excluding hydrogens is 224 g/mol. The first-order chi connectivity index (χ1) is 8.50. The van der Waals surface area contributed by atoms with Gasteiger partial charge in [-0.2, -0.15) is 0 Å². The van der Waals surface area contributed by atoms with Gasteiger partial charge in [-0.05, 0) is 12.1 Å². The van der Waals surface area contributed by atoms with Crippen LogP contribution in [0, 0.1) is 0 Å². The van der Waals surface area contributed by atoms with Crippen molar-refractivity contribution in [2.75, 3.05) is 12.4 Å². The highest BCUT2D eigenvalue weighted by Gasteiger charge is 2.19. The molecule has 0 spiro atoms. The van der Waals surface area contributed by atoms with Crippen molar-refractivity contribution in [2.45, 2.75) is 26.2 Å². The quantitative estimate of drug-likeness (QED) is 0.879. The number of nitrogens with zero attached hydrogens (tertiary/aromatic N) is 3.